The third-order valence-electron chi connectivity index (χ3n) is 2.88. The van der Waals surface area contributed by atoms with E-state index in [9.17, 15) is 9.59 Å². The van der Waals surface area contributed by atoms with Crippen LogP contribution in [0.25, 0.3) is 0 Å². The number of aromatic nitrogens is 2. The summed E-state index contributed by atoms with van der Waals surface area (Å²) in [5.41, 5.74) is 0.639. The number of ether oxygens (including phenoxy) is 1. The molecule has 0 aliphatic heterocycles. The number of aryl methyl sites for hydroxylation is 1. The van der Waals surface area contributed by atoms with E-state index in [-0.39, 0.29) is 18.3 Å². The predicted octanol–water partition coefficient (Wildman–Crippen LogP) is 2.71. The molecule has 0 radical (unpaired) electrons. The second-order valence-corrected chi connectivity index (χ2v) is 5.55. The van der Waals surface area contributed by atoms with Crippen LogP contribution in [0.2, 0.25) is 0 Å². The van der Waals surface area contributed by atoms with Gasteiger partial charge in [-0.25, -0.2) is 0 Å². The van der Waals surface area contributed by atoms with Crippen molar-refractivity contribution in [1.29, 1.82) is 0 Å². The summed E-state index contributed by atoms with van der Waals surface area (Å²) in [6, 6.07) is 6.74. The number of ketones is 1. The summed E-state index contributed by atoms with van der Waals surface area (Å²) in [4.78, 5) is 23.3. The van der Waals surface area contributed by atoms with E-state index in [1.54, 1.807) is 24.3 Å². The fraction of sp³-hybridized carbons (Fsp3) is 0.333. The van der Waals surface area contributed by atoms with Gasteiger partial charge in [0.05, 0.1) is 0 Å². The Kier molecular flexibility index (Phi) is 5.60. The summed E-state index contributed by atoms with van der Waals surface area (Å²) >= 11 is 1.34. The van der Waals surface area contributed by atoms with Crippen molar-refractivity contribution in [3.8, 4) is 5.75 Å². The number of anilines is 1. The van der Waals surface area contributed by atoms with Gasteiger partial charge < -0.3 is 4.74 Å². The average molecular weight is 319 g/mol. The van der Waals surface area contributed by atoms with Gasteiger partial charge in [0.1, 0.15) is 10.8 Å². The summed E-state index contributed by atoms with van der Waals surface area (Å²) in [7, 11) is 0. The van der Waals surface area contributed by atoms with Gasteiger partial charge in [0.2, 0.25) is 5.13 Å². The largest absolute Gasteiger partial charge is 0.484 e. The van der Waals surface area contributed by atoms with Crippen LogP contribution in [0.4, 0.5) is 5.13 Å². The first-order valence-electron chi connectivity index (χ1n) is 7.00. The van der Waals surface area contributed by atoms with E-state index in [1.165, 1.54) is 11.3 Å². The van der Waals surface area contributed by atoms with E-state index in [4.69, 9.17) is 4.74 Å². The summed E-state index contributed by atoms with van der Waals surface area (Å²) in [5.74, 6) is 0.314. The molecule has 1 aromatic heterocycles. The fourth-order valence-electron chi connectivity index (χ4n) is 1.69. The summed E-state index contributed by atoms with van der Waals surface area (Å²) in [6.07, 6.45) is 1.25. The standard InChI is InChI=1S/C15H17N3O3S/c1-3-12(19)10-5-7-11(8-6-10)21-9-13(20)16-15-18-17-14(4-2)22-15/h5-8H,3-4,9H2,1-2H3,(H,16,18,20). The molecule has 2 aromatic rings. The van der Waals surface area contributed by atoms with Crippen LogP contribution < -0.4 is 10.1 Å². The van der Waals surface area contributed by atoms with Crippen molar-refractivity contribution >= 4 is 28.2 Å². The van der Waals surface area contributed by atoms with Crippen molar-refractivity contribution in [2.75, 3.05) is 11.9 Å². The molecule has 6 nitrogen and oxygen atoms in total. The van der Waals surface area contributed by atoms with E-state index in [0.29, 0.717) is 22.9 Å². The normalized spacial score (nSPS) is 10.3. The minimum Gasteiger partial charge on any atom is -0.484 e. The van der Waals surface area contributed by atoms with E-state index in [0.717, 1.165) is 11.4 Å². The van der Waals surface area contributed by atoms with Gasteiger partial charge >= 0.3 is 0 Å². The molecule has 0 bridgehead atoms. The molecule has 116 valence electrons. The Bertz CT molecular complexity index is 652. The molecular formula is C15H17N3O3S. The van der Waals surface area contributed by atoms with Gasteiger partial charge in [0.25, 0.3) is 5.91 Å². The molecule has 0 aliphatic carbocycles. The minimum absolute atomic E-state index is 0.0762. The summed E-state index contributed by atoms with van der Waals surface area (Å²) in [6.45, 7) is 3.67. The van der Waals surface area contributed by atoms with Crippen LogP contribution in [0.15, 0.2) is 24.3 Å². The number of hydrogen-bond donors (Lipinski definition) is 1. The molecule has 2 rings (SSSR count). The fourth-order valence-corrected chi connectivity index (χ4v) is 2.39. The summed E-state index contributed by atoms with van der Waals surface area (Å²) < 4.78 is 5.37. The molecule has 0 saturated carbocycles. The first-order chi connectivity index (χ1) is 10.6. The SMILES string of the molecule is CCC(=O)c1ccc(OCC(=O)Nc2nnc(CC)s2)cc1. The Labute approximate surface area is 132 Å². The zero-order valence-electron chi connectivity index (χ0n) is 12.5. The van der Waals surface area contributed by atoms with E-state index < -0.39 is 0 Å². The Morgan fingerprint density at radius 1 is 1.18 bits per heavy atom. The quantitative estimate of drug-likeness (QED) is 0.794. The first-order valence-corrected chi connectivity index (χ1v) is 7.82. The number of nitrogens with one attached hydrogen (secondary N) is 1. The number of carbonyl (C=O) groups is 2. The van der Waals surface area contributed by atoms with Crippen LogP contribution in [0.3, 0.4) is 0 Å². The number of rotatable bonds is 7. The molecule has 1 amide bonds. The maximum absolute atomic E-state index is 11.8. The van der Waals surface area contributed by atoms with Crippen LogP contribution in [-0.4, -0.2) is 28.5 Å². The molecule has 22 heavy (non-hydrogen) atoms. The van der Waals surface area contributed by atoms with Gasteiger partial charge in [0, 0.05) is 12.0 Å². The van der Waals surface area contributed by atoms with Crippen LogP contribution in [0.1, 0.15) is 35.6 Å². The molecule has 0 fully saturated rings. The highest BCUT2D eigenvalue weighted by molar-refractivity contribution is 7.15. The monoisotopic (exact) mass is 319 g/mol. The Balaban J connectivity index is 1.84. The molecule has 0 aliphatic rings. The maximum Gasteiger partial charge on any atom is 0.264 e. The van der Waals surface area contributed by atoms with E-state index >= 15 is 0 Å². The predicted molar refractivity (Wildman–Crippen MR) is 84.5 cm³/mol. The Morgan fingerprint density at radius 3 is 2.50 bits per heavy atom. The third-order valence-corrected chi connectivity index (χ3v) is 3.87. The second kappa shape index (κ2) is 7.65. The number of hydrogen-bond acceptors (Lipinski definition) is 6. The molecule has 1 heterocycles. The second-order valence-electron chi connectivity index (χ2n) is 4.49. The van der Waals surface area contributed by atoms with Crippen molar-refractivity contribution < 1.29 is 14.3 Å². The van der Waals surface area contributed by atoms with Gasteiger partial charge in [-0.05, 0) is 30.7 Å². The van der Waals surface area contributed by atoms with E-state index in [1.807, 2.05) is 13.8 Å². The Morgan fingerprint density at radius 2 is 1.91 bits per heavy atom. The van der Waals surface area contributed by atoms with Gasteiger partial charge in [-0.15, -0.1) is 10.2 Å². The number of carbonyl (C=O) groups excluding carboxylic acids is 2. The van der Waals surface area contributed by atoms with Crippen LogP contribution >= 0.6 is 11.3 Å². The lowest BCUT2D eigenvalue weighted by molar-refractivity contribution is -0.118. The number of benzene rings is 1. The van der Waals surface area contributed by atoms with Crippen LogP contribution in [0, 0.1) is 0 Å². The molecule has 0 saturated heterocycles. The van der Waals surface area contributed by atoms with Crippen molar-refractivity contribution in [3.05, 3.63) is 34.8 Å². The van der Waals surface area contributed by atoms with Crippen LogP contribution in [-0.2, 0) is 11.2 Å². The average Bonchev–Trinajstić information content (AvgIpc) is 3.00. The smallest absolute Gasteiger partial charge is 0.264 e. The van der Waals surface area contributed by atoms with E-state index in [2.05, 4.69) is 15.5 Å². The minimum atomic E-state index is -0.299. The first kappa shape index (κ1) is 16.1. The van der Waals surface area contributed by atoms with Crippen molar-refractivity contribution in [1.82, 2.24) is 10.2 Å². The van der Waals surface area contributed by atoms with Crippen molar-refractivity contribution in [2.24, 2.45) is 0 Å². The lowest BCUT2D eigenvalue weighted by atomic mass is 10.1. The lowest BCUT2D eigenvalue weighted by Gasteiger charge is -2.06. The molecule has 0 spiro atoms. The van der Waals surface area contributed by atoms with Crippen LogP contribution in [0.5, 0.6) is 5.75 Å². The molecule has 1 N–H and O–H groups in total. The highest BCUT2D eigenvalue weighted by atomic mass is 32.1. The van der Waals surface area contributed by atoms with Crippen molar-refractivity contribution in [2.45, 2.75) is 26.7 Å². The number of amides is 1. The molecule has 1 aromatic carbocycles. The maximum atomic E-state index is 11.8. The van der Waals surface area contributed by atoms with Gasteiger partial charge in [-0.3, -0.25) is 14.9 Å². The Hall–Kier alpha value is -2.28. The highest BCUT2D eigenvalue weighted by Gasteiger charge is 2.08. The molecular weight excluding hydrogens is 302 g/mol. The lowest BCUT2D eigenvalue weighted by Crippen LogP contribution is -2.20. The number of nitrogens with zero attached hydrogens (tertiary/aromatic N) is 2. The molecule has 0 unspecified atom stereocenters. The topological polar surface area (TPSA) is 81.2 Å². The molecule has 7 heteroatoms. The highest BCUT2D eigenvalue weighted by Crippen LogP contribution is 2.16. The van der Waals surface area contributed by atoms with Gasteiger partial charge in [-0.2, -0.15) is 0 Å². The summed E-state index contributed by atoms with van der Waals surface area (Å²) in [5, 5.41) is 11.8. The zero-order chi connectivity index (χ0) is 15.9. The zero-order valence-corrected chi connectivity index (χ0v) is 13.3. The number of Topliss-reactive ketones (excluding diaryl/α,β-unsaturated/α-hetero) is 1. The molecule has 0 atom stereocenters. The third kappa shape index (κ3) is 4.36. The van der Waals surface area contributed by atoms with Gasteiger partial charge in [0.15, 0.2) is 12.4 Å². The van der Waals surface area contributed by atoms with Gasteiger partial charge in [-0.1, -0.05) is 25.2 Å². The van der Waals surface area contributed by atoms with Crippen molar-refractivity contribution in [3.63, 3.8) is 0 Å².